The maximum Gasteiger partial charge on any atom is 0.330 e. The number of esters is 1. The molecule has 1 aliphatic rings. The monoisotopic (exact) mass is 273 g/mol. The molecule has 3 nitrogen and oxygen atoms in total. The Bertz CT molecular complexity index is 467. The van der Waals surface area contributed by atoms with Crippen molar-refractivity contribution in [1.29, 1.82) is 0 Å². The summed E-state index contributed by atoms with van der Waals surface area (Å²) in [6, 6.07) is 10.5. The van der Waals surface area contributed by atoms with Gasteiger partial charge in [-0.3, -0.25) is 4.90 Å². The molecule has 1 fully saturated rings. The lowest BCUT2D eigenvalue weighted by atomic mass is 9.92. The molecule has 2 rings (SSSR count). The van der Waals surface area contributed by atoms with Crippen molar-refractivity contribution < 1.29 is 9.53 Å². The average Bonchev–Trinajstić information content (AvgIpc) is 2.43. The zero-order valence-corrected chi connectivity index (χ0v) is 12.3. The summed E-state index contributed by atoms with van der Waals surface area (Å²) >= 11 is 0. The van der Waals surface area contributed by atoms with Gasteiger partial charge in [-0.1, -0.05) is 42.8 Å². The minimum atomic E-state index is -0.203. The van der Waals surface area contributed by atoms with Crippen molar-refractivity contribution in [3.8, 4) is 0 Å². The van der Waals surface area contributed by atoms with E-state index in [2.05, 4.69) is 36.1 Å². The number of benzene rings is 1. The van der Waals surface area contributed by atoms with Crippen LogP contribution in [0.1, 0.15) is 25.8 Å². The Labute approximate surface area is 121 Å². The quantitative estimate of drug-likeness (QED) is 0.624. The van der Waals surface area contributed by atoms with Crippen LogP contribution in [-0.4, -0.2) is 30.6 Å². The summed E-state index contributed by atoms with van der Waals surface area (Å²) in [5, 5.41) is 0. The molecule has 1 aromatic rings. The van der Waals surface area contributed by atoms with E-state index >= 15 is 0 Å². The molecule has 0 radical (unpaired) electrons. The number of hydrogen-bond acceptors (Lipinski definition) is 3. The SMILES string of the molecule is CCOC(=O)C=C1CCN(Cc2ccccc2)CC1C. The maximum absolute atomic E-state index is 11.5. The zero-order chi connectivity index (χ0) is 14.4. The number of hydrogen-bond donors (Lipinski definition) is 0. The van der Waals surface area contributed by atoms with Gasteiger partial charge in [0.25, 0.3) is 0 Å². The fourth-order valence-corrected chi connectivity index (χ4v) is 2.66. The van der Waals surface area contributed by atoms with Crippen molar-refractivity contribution in [3.05, 3.63) is 47.5 Å². The molecule has 20 heavy (non-hydrogen) atoms. The second kappa shape index (κ2) is 7.25. The van der Waals surface area contributed by atoms with Gasteiger partial charge < -0.3 is 4.74 Å². The molecular weight excluding hydrogens is 250 g/mol. The van der Waals surface area contributed by atoms with Crippen molar-refractivity contribution in [2.45, 2.75) is 26.8 Å². The van der Waals surface area contributed by atoms with Crippen LogP contribution < -0.4 is 0 Å². The van der Waals surface area contributed by atoms with Gasteiger partial charge in [0.15, 0.2) is 0 Å². The van der Waals surface area contributed by atoms with E-state index in [9.17, 15) is 4.79 Å². The molecule has 108 valence electrons. The van der Waals surface area contributed by atoms with Crippen LogP contribution in [0.15, 0.2) is 42.0 Å². The van der Waals surface area contributed by atoms with E-state index in [1.807, 2.05) is 13.0 Å². The largest absolute Gasteiger partial charge is 0.463 e. The first-order valence-electron chi connectivity index (χ1n) is 7.32. The number of ether oxygens (including phenoxy) is 1. The van der Waals surface area contributed by atoms with Gasteiger partial charge in [-0.05, 0) is 24.8 Å². The topological polar surface area (TPSA) is 29.5 Å². The molecule has 0 aromatic heterocycles. The van der Waals surface area contributed by atoms with Crippen molar-refractivity contribution in [3.63, 3.8) is 0 Å². The molecule has 1 heterocycles. The van der Waals surface area contributed by atoms with Crippen LogP contribution >= 0.6 is 0 Å². The molecule has 0 spiro atoms. The highest BCUT2D eigenvalue weighted by molar-refractivity contribution is 5.82. The minimum absolute atomic E-state index is 0.203. The van der Waals surface area contributed by atoms with E-state index in [-0.39, 0.29) is 5.97 Å². The van der Waals surface area contributed by atoms with Gasteiger partial charge in [0.1, 0.15) is 0 Å². The van der Waals surface area contributed by atoms with E-state index in [1.165, 1.54) is 11.1 Å². The molecule has 1 atom stereocenters. The third-order valence-corrected chi connectivity index (χ3v) is 3.72. The molecule has 0 N–H and O–H groups in total. The lowest BCUT2D eigenvalue weighted by molar-refractivity contribution is -0.137. The Morgan fingerprint density at radius 1 is 1.40 bits per heavy atom. The molecular formula is C17H23NO2. The predicted molar refractivity (Wildman–Crippen MR) is 80.2 cm³/mol. The number of rotatable bonds is 4. The van der Waals surface area contributed by atoms with Crippen LogP contribution in [0.2, 0.25) is 0 Å². The van der Waals surface area contributed by atoms with Gasteiger partial charge in [-0.15, -0.1) is 0 Å². The third-order valence-electron chi connectivity index (χ3n) is 3.72. The van der Waals surface area contributed by atoms with Crippen molar-refractivity contribution in [2.24, 2.45) is 5.92 Å². The van der Waals surface area contributed by atoms with Crippen molar-refractivity contribution >= 4 is 5.97 Å². The van der Waals surface area contributed by atoms with Gasteiger partial charge in [-0.25, -0.2) is 4.79 Å². The van der Waals surface area contributed by atoms with E-state index in [4.69, 9.17) is 4.74 Å². The maximum atomic E-state index is 11.5. The lowest BCUT2D eigenvalue weighted by Crippen LogP contribution is -2.35. The Morgan fingerprint density at radius 2 is 2.15 bits per heavy atom. The summed E-state index contributed by atoms with van der Waals surface area (Å²) in [5.74, 6) is 0.211. The Kier molecular flexibility index (Phi) is 5.36. The van der Waals surface area contributed by atoms with E-state index in [0.717, 1.165) is 26.1 Å². The third kappa shape index (κ3) is 4.20. The van der Waals surface area contributed by atoms with Gasteiger partial charge in [0, 0.05) is 25.7 Å². The van der Waals surface area contributed by atoms with E-state index < -0.39 is 0 Å². The number of piperidine rings is 1. The molecule has 1 unspecified atom stereocenters. The second-order valence-corrected chi connectivity index (χ2v) is 5.34. The predicted octanol–water partition coefficient (Wildman–Crippen LogP) is 3.02. The highest BCUT2D eigenvalue weighted by atomic mass is 16.5. The van der Waals surface area contributed by atoms with E-state index in [0.29, 0.717) is 12.5 Å². The number of carbonyl (C=O) groups is 1. The summed E-state index contributed by atoms with van der Waals surface area (Å²) in [6.07, 6.45) is 2.64. The molecule has 0 bridgehead atoms. The summed E-state index contributed by atoms with van der Waals surface area (Å²) < 4.78 is 4.99. The van der Waals surface area contributed by atoms with Gasteiger partial charge in [0.05, 0.1) is 6.61 Å². The fraction of sp³-hybridized carbons (Fsp3) is 0.471. The minimum Gasteiger partial charge on any atom is -0.463 e. The highest BCUT2D eigenvalue weighted by Crippen LogP contribution is 2.23. The summed E-state index contributed by atoms with van der Waals surface area (Å²) in [7, 11) is 0. The summed E-state index contributed by atoms with van der Waals surface area (Å²) in [6.45, 7) is 7.45. The van der Waals surface area contributed by atoms with Crippen molar-refractivity contribution in [1.82, 2.24) is 4.90 Å². The smallest absolute Gasteiger partial charge is 0.330 e. The van der Waals surface area contributed by atoms with Gasteiger partial charge in [0.2, 0.25) is 0 Å². The molecule has 1 saturated heterocycles. The number of likely N-dealkylation sites (tertiary alicyclic amines) is 1. The normalized spacial score (nSPS) is 21.9. The van der Waals surface area contributed by atoms with Crippen LogP contribution in [0.5, 0.6) is 0 Å². The molecule has 0 amide bonds. The Hall–Kier alpha value is -1.61. The second-order valence-electron chi connectivity index (χ2n) is 5.34. The molecule has 1 aromatic carbocycles. The van der Waals surface area contributed by atoms with Crippen molar-refractivity contribution in [2.75, 3.05) is 19.7 Å². The zero-order valence-electron chi connectivity index (χ0n) is 12.3. The molecule has 3 heteroatoms. The molecule has 1 aliphatic heterocycles. The first-order valence-corrected chi connectivity index (χ1v) is 7.32. The molecule has 0 aliphatic carbocycles. The highest BCUT2D eigenvalue weighted by Gasteiger charge is 2.21. The van der Waals surface area contributed by atoms with E-state index in [1.54, 1.807) is 6.08 Å². The Balaban J connectivity index is 1.90. The molecule has 0 saturated carbocycles. The lowest BCUT2D eigenvalue weighted by Gasteiger charge is -2.33. The fourth-order valence-electron chi connectivity index (χ4n) is 2.66. The van der Waals surface area contributed by atoms with Gasteiger partial charge >= 0.3 is 5.97 Å². The summed E-state index contributed by atoms with van der Waals surface area (Å²) in [4.78, 5) is 14.0. The average molecular weight is 273 g/mol. The standard InChI is InChI=1S/C17H23NO2/c1-3-20-17(19)11-16-9-10-18(12-14(16)2)13-15-7-5-4-6-8-15/h4-8,11,14H,3,9-10,12-13H2,1-2H3. The van der Waals surface area contributed by atoms with Gasteiger partial charge in [-0.2, -0.15) is 0 Å². The van der Waals surface area contributed by atoms with Crippen LogP contribution in [0.25, 0.3) is 0 Å². The number of carbonyl (C=O) groups excluding carboxylic acids is 1. The van der Waals surface area contributed by atoms with Crippen LogP contribution in [0.4, 0.5) is 0 Å². The summed E-state index contributed by atoms with van der Waals surface area (Å²) in [5.41, 5.74) is 2.56. The first-order chi connectivity index (χ1) is 9.69. The van der Waals surface area contributed by atoms with Crippen LogP contribution in [-0.2, 0) is 16.1 Å². The number of nitrogens with zero attached hydrogens (tertiary/aromatic N) is 1. The van der Waals surface area contributed by atoms with Crippen LogP contribution in [0, 0.1) is 5.92 Å². The first kappa shape index (κ1) is 14.8. The van der Waals surface area contributed by atoms with Crippen LogP contribution in [0.3, 0.4) is 0 Å². The Morgan fingerprint density at radius 3 is 2.80 bits per heavy atom.